The van der Waals surface area contributed by atoms with Gasteiger partial charge in [-0.3, -0.25) is 14.4 Å². The summed E-state index contributed by atoms with van der Waals surface area (Å²) in [7, 11) is 0. The Balaban J connectivity index is 2.78. The second-order valence-electron chi connectivity index (χ2n) is 4.16. The molecule has 0 aromatic carbocycles. The highest BCUT2D eigenvalue weighted by Gasteiger charge is 2.16. The topological polar surface area (TPSA) is 82.8 Å². The summed E-state index contributed by atoms with van der Waals surface area (Å²) in [6.45, 7) is 3.44. The number of hydrogen-bond donors (Lipinski definition) is 2. The number of rotatable bonds is 2. The molecule has 2 N–H and O–H groups in total. The molecule has 2 aromatic rings. The van der Waals surface area contributed by atoms with Crippen molar-refractivity contribution in [3.8, 4) is 0 Å². The van der Waals surface area contributed by atoms with Crippen LogP contribution in [0.4, 0.5) is 0 Å². The average Bonchev–Trinajstić information content (AvgIpc) is 2.29. The van der Waals surface area contributed by atoms with Gasteiger partial charge in [0.2, 0.25) is 11.0 Å². The van der Waals surface area contributed by atoms with Crippen LogP contribution in [0.3, 0.4) is 0 Å². The van der Waals surface area contributed by atoms with E-state index in [-0.39, 0.29) is 28.3 Å². The van der Waals surface area contributed by atoms with Crippen molar-refractivity contribution in [2.75, 3.05) is 0 Å². The molecule has 0 aliphatic rings. The van der Waals surface area contributed by atoms with Crippen LogP contribution in [0.15, 0.2) is 27.9 Å². The monoisotopic (exact) mass is 232 g/mol. The molecule has 0 spiro atoms. The first-order chi connectivity index (χ1) is 8.00. The summed E-state index contributed by atoms with van der Waals surface area (Å²) >= 11 is 0. The smallest absolute Gasteiger partial charge is 0.248 e. The van der Waals surface area contributed by atoms with Gasteiger partial charge in [0.1, 0.15) is 5.52 Å². The van der Waals surface area contributed by atoms with E-state index in [0.717, 1.165) is 0 Å². The van der Waals surface area contributed by atoms with Crippen molar-refractivity contribution in [1.82, 2.24) is 9.97 Å². The number of carbonyl (C=O) groups excluding carboxylic acids is 1. The average molecular weight is 232 g/mol. The Kier molecular flexibility index (Phi) is 2.67. The van der Waals surface area contributed by atoms with E-state index in [9.17, 15) is 14.4 Å². The minimum absolute atomic E-state index is 0.0781. The van der Waals surface area contributed by atoms with Crippen LogP contribution < -0.4 is 11.0 Å². The van der Waals surface area contributed by atoms with Crippen LogP contribution in [-0.2, 0) is 0 Å². The Morgan fingerprint density at radius 3 is 2.59 bits per heavy atom. The molecular formula is C12H12N2O3. The predicted molar refractivity (Wildman–Crippen MR) is 64.4 cm³/mol. The van der Waals surface area contributed by atoms with Gasteiger partial charge in [-0.15, -0.1) is 0 Å². The third-order valence-electron chi connectivity index (χ3n) is 2.55. The van der Waals surface area contributed by atoms with E-state index in [1.165, 1.54) is 18.3 Å². The summed E-state index contributed by atoms with van der Waals surface area (Å²) < 4.78 is 0. The normalized spacial score (nSPS) is 11.0. The lowest BCUT2D eigenvalue weighted by Crippen LogP contribution is -2.21. The summed E-state index contributed by atoms with van der Waals surface area (Å²) in [5, 5.41) is 0. The quantitative estimate of drug-likeness (QED) is 0.759. The van der Waals surface area contributed by atoms with Gasteiger partial charge < -0.3 is 9.97 Å². The van der Waals surface area contributed by atoms with Gasteiger partial charge >= 0.3 is 0 Å². The number of Topliss-reactive ketones (excluding diaryl/α,β-unsaturated/α-hetero) is 1. The molecule has 0 aliphatic carbocycles. The fourth-order valence-electron chi connectivity index (χ4n) is 1.62. The van der Waals surface area contributed by atoms with Crippen molar-refractivity contribution in [3.05, 3.63) is 44.5 Å². The van der Waals surface area contributed by atoms with Crippen LogP contribution in [0, 0.1) is 5.92 Å². The molecule has 2 heterocycles. The number of fused-ring (bicyclic) bond motifs is 1. The van der Waals surface area contributed by atoms with E-state index in [2.05, 4.69) is 9.97 Å². The Hall–Kier alpha value is -2.17. The second kappa shape index (κ2) is 4.01. The lowest BCUT2D eigenvalue weighted by atomic mass is 10.0. The number of aromatic nitrogens is 2. The molecular weight excluding hydrogens is 220 g/mol. The molecule has 0 saturated heterocycles. The van der Waals surface area contributed by atoms with E-state index < -0.39 is 5.43 Å². The van der Waals surface area contributed by atoms with Gasteiger partial charge in [-0.05, 0) is 6.07 Å². The lowest BCUT2D eigenvalue weighted by Gasteiger charge is -2.04. The molecule has 0 unspecified atom stereocenters. The summed E-state index contributed by atoms with van der Waals surface area (Å²) in [6, 6.07) is 2.83. The molecule has 0 fully saturated rings. The van der Waals surface area contributed by atoms with Gasteiger partial charge in [0.25, 0.3) is 0 Å². The Morgan fingerprint density at radius 1 is 1.24 bits per heavy atom. The SMILES string of the molecule is CC(C)C(=O)c1c[nH]c2ccc(=O)[nH]c2c1=O. The number of nitrogens with one attached hydrogen (secondary N) is 2. The fourth-order valence-corrected chi connectivity index (χ4v) is 1.62. The minimum atomic E-state index is -0.435. The number of carbonyl (C=O) groups is 1. The predicted octanol–water partition coefficient (Wildman–Crippen LogP) is 1.06. The molecule has 17 heavy (non-hydrogen) atoms. The van der Waals surface area contributed by atoms with Crippen molar-refractivity contribution in [3.63, 3.8) is 0 Å². The highest BCUT2D eigenvalue weighted by molar-refractivity contribution is 5.99. The zero-order valence-electron chi connectivity index (χ0n) is 9.53. The molecule has 5 nitrogen and oxygen atoms in total. The molecule has 0 amide bonds. The molecule has 2 rings (SSSR count). The van der Waals surface area contributed by atoms with E-state index in [0.29, 0.717) is 5.52 Å². The van der Waals surface area contributed by atoms with Gasteiger partial charge in [0.15, 0.2) is 5.78 Å². The van der Waals surface area contributed by atoms with Crippen LogP contribution in [0.5, 0.6) is 0 Å². The number of pyridine rings is 2. The van der Waals surface area contributed by atoms with Gasteiger partial charge in [-0.25, -0.2) is 0 Å². The number of hydrogen-bond acceptors (Lipinski definition) is 3. The van der Waals surface area contributed by atoms with E-state index >= 15 is 0 Å². The molecule has 5 heteroatoms. The fraction of sp³-hybridized carbons (Fsp3) is 0.250. The van der Waals surface area contributed by atoms with E-state index in [4.69, 9.17) is 0 Å². The Labute approximate surface area is 96.5 Å². The number of ketones is 1. The highest BCUT2D eigenvalue weighted by Crippen LogP contribution is 2.07. The minimum Gasteiger partial charge on any atom is -0.359 e. The number of H-pyrrole nitrogens is 2. The zero-order chi connectivity index (χ0) is 12.6. The van der Waals surface area contributed by atoms with Crippen molar-refractivity contribution < 1.29 is 4.79 Å². The Bertz CT molecular complexity index is 695. The molecule has 0 bridgehead atoms. The van der Waals surface area contributed by atoms with Crippen LogP contribution in [0.2, 0.25) is 0 Å². The van der Waals surface area contributed by atoms with E-state index in [1.807, 2.05) is 0 Å². The maximum absolute atomic E-state index is 12.0. The van der Waals surface area contributed by atoms with Gasteiger partial charge in [0.05, 0.1) is 11.1 Å². The van der Waals surface area contributed by atoms with Crippen molar-refractivity contribution in [2.24, 2.45) is 5.92 Å². The second-order valence-corrected chi connectivity index (χ2v) is 4.16. The molecule has 88 valence electrons. The summed E-state index contributed by atoms with van der Waals surface area (Å²) in [4.78, 5) is 40.2. The van der Waals surface area contributed by atoms with Gasteiger partial charge in [-0.2, -0.15) is 0 Å². The first-order valence-electron chi connectivity index (χ1n) is 5.29. The van der Waals surface area contributed by atoms with Crippen LogP contribution >= 0.6 is 0 Å². The first kappa shape index (κ1) is 11.3. The number of aromatic amines is 2. The Morgan fingerprint density at radius 2 is 1.94 bits per heavy atom. The first-order valence-corrected chi connectivity index (χ1v) is 5.29. The lowest BCUT2D eigenvalue weighted by molar-refractivity contribution is 0.0938. The molecule has 2 aromatic heterocycles. The summed E-state index contributed by atoms with van der Waals surface area (Å²) in [5.74, 6) is -0.498. The third kappa shape index (κ3) is 1.91. The standard InChI is InChI=1S/C12H12N2O3/c1-6(2)11(16)7-5-13-8-3-4-9(15)14-10(8)12(7)17/h3-6H,1-2H3,(H,13,17)(H,14,15). The summed E-state index contributed by atoms with van der Waals surface area (Å²) in [5.41, 5.74) is -0.0689. The molecule has 0 aliphatic heterocycles. The van der Waals surface area contributed by atoms with Crippen LogP contribution in [0.25, 0.3) is 11.0 Å². The highest BCUT2D eigenvalue weighted by atomic mass is 16.1. The zero-order valence-corrected chi connectivity index (χ0v) is 9.53. The summed E-state index contributed by atoms with van der Waals surface area (Å²) in [6.07, 6.45) is 1.39. The largest absolute Gasteiger partial charge is 0.359 e. The third-order valence-corrected chi connectivity index (χ3v) is 2.55. The van der Waals surface area contributed by atoms with Crippen LogP contribution in [-0.4, -0.2) is 15.8 Å². The maximum Gasteiger partial charge on any atom is 0.248 e. The van der Waals surface area contributed by atoms with Crippen molar-refractivity contribution in [2.45, 2.75) is 13.8 Å². The van der Waals surface area contributed by atoms with Crippen LogP contribution in [0.1, 0.15) is 24.2 Å². The van der Waals surface area contributed by atoms with Gasteiger partial charge in [0, 0.05) is 18.2 Å². The van der Waals surface area contributed by atoms with E-state index in [1.54, 1.807) is 13.8 Å². The molecule has 0 saturated carbocycles. The van der Waals surface area contributed by atoms with Crippen molar-refractivity contribution in [1.29, 1.82) is 0 Å². The molecule has 0 radical (unpaired) electrons. The molecule has 0 atom stereocenters. The van der Waals surface area contributed by atoms with Crippen molar-refractivity contribution >= 4 is 16.8 Å². The maximum atomic E-state index is 12.0. The van der Waals surface area contributed by atoms with Gasteiger partial charge in [-0.1, -0.05) is 13.8 Å².